The maximum Gasteiger partial charge on any atom is 0.416 e. The first-order valence-electron chi connectivity index (χ1n) is 13.2. The smallest absolute Gasteiger partial charge is 0.358 e. The number of carbonyl (C=O) groups excluding carboxylic acids is 1. The minimum Gasteiger partial charge on any atom is -0.358 e. The van der Waals surface area contributed by atoms with Gasteiger partial charge in [-0.3, -0.25) is 4.79 Å². The van der Waals surface area contributed by atoms with Crippen molar-refractivity contribution in [3.8, 4) is 6.07 Å². The summed E-state index contributed by atoms with van der Waals surface area (Å²) in [6.45, 7) is 6.38. The predicted octanol–water partition coefficient (Wildman–Crippen LogP) is 5.07. The Morgan fingerprint density at radius 3 is 2.46 bits per heavy atom. The number of aromatic nitrogens is 2. The molecule has 0 amide bonds. The number of alkyl halides is 3. The molecule has 0 unspecified atom stereocenters. The molecule has 11 heteroatoms. The van der Waals surface area contributed by atoms with Gasteiger partial charge in [-0.2, -0.15) is 18.4 Å². The van der Waals surface area contributed by atoms with Gasteiger partial charge in [0.15, 0.2) is 5.11 Å². The van der Waals surface area contributed by atoms with Crippen molar-refractivity contribution in [2.45, 2.75) is 58.4 Å². The van der Waals surface area contributed by atoms with E-state index in [2.05, 4.69) is 16.4 Å². The standard InChI is InChI=1S/C30H35F3N6OS/c1-29(2,3)37-28(41)38(18-23-6-4-5-7-26(23)30(31,32)33)19-24(12-13-34)27(40)14-25-16-36-20-39(25)17-22-10-8-21(15-35)9-11-22/h4-11,16,20,24H,12-14,17-19,34H2,1-3H3,(H,37,41)/t24-/m0/s1. The number of ketones is 1. The number of nitrogens with zero attached hydrogens (tertiary/aromatic N) is 4. The molecular weight excluding hydrogens is 549 g/mol. The molecule has 1 atom stereocenters. The summed E-state index contributed by atoms with van der Waals surface area (Å²) in [4.78, 5) is 19.4. The molecule has 0 spiro atoms. The van der Waals surface area contributed by atoms with Crippen molar-refractivity contribution in [3.05, 3.63) is 89.0 Å². The highest BCUT2D eigenvalue weighted by molar-refractivity contribution is 7.80. The van der Waals surface area contributed by atoms with E-state index in [0.717, 1.165) is 11.6 Å². The van der Waals surface area contributed by atoms with Gasteiger partial charge in [0.05, 0.1) is 23.5 Å². The molecule has 0 radical (unpaired) electrons. The van der Waals surface area contributed by atoms with E-state index in [1.165, 1.54) is 12.1 Å². The van der Waals surface area contributed by atoms with Gasteiger partial charge in [0.1, 0.15) is 5.78 Å². The van der Waals surface area contributed by atoms with Gasteiger partial charge in [-0.25, -0.2) is 4.98 Å². The van der Waals surface area contributed by atoms with E-state index in [0.29, 0.717) is 24.2 Å². The predicted molar refractivity (Wildman–Crippen MR) is 156 cm³/mol. The molecule has 0 bridgehead atoms. The number of thiocarbonyl (C=S) groups is 1. The van der Waals surface area contributed by atoms with Gasteiger partial charge in [-0.1, -0.05) is 30.3 Å². The highest BCUT2D eigenvalue weighted by Gasteiger charge is 2.34. The summed E-state index contributed by atoms with van der Waals surface area (Å²) in [5.74, 6) is -0.680. The van der Waals surface area contributed by atoms with Gasteiger partial charge in [0.2, 0.25) is 0 Å². The van der Waals surface area contributed by atoms with Crippen LogP contribution < -0.4 is 11.1 Å². The number of hydrogen-bond acceptors (Lipinski definition) is 5. The second-order valence-electron chi connectivity index (χ2n) is 11.0. The van der Waals surface area contributed by atoms with Gasteiger partial charge >= 0.3 is 6.18 Å². The Morgan fingerprint density at radius 1 is 1.17 bits per heavy atom. The number of rotatable bonds is 11. The molecule has 41 heavy (non-hydrogen) atoms. The van der Waals surface area contributed by atoms with Crippen LogP contribution in [0.1, 0.15) is 55.1 Å². The minimum absolute atomic E-state index is 0.0671. The van der Waals surface area contributed by atoms with Crippen molar-refractivity contribution in [2.75, 3.05) is 13.1 Å². The lowest BCUT2D eigenvalue weighted by atomic mass is 9.95. The van der Waals surface area contributed by atoms with Crippen LogP contribution in [0.15, 0.2) is 61.1 Å². The van der Waals surface area contributed by atoms with Gasteiger partial charge in [-0.15, -0.1) is 0 Å². The average Bonchev–Trinajstić information content (AvgIpc) is 3.33. The molecule has 0 aliphatic rings. The molecule has 218 valence electrons. The number of nitriles is 1. The number of Topliss-reactive ketones (excluding diaryl/α,β-unsaturated/α-hetero) is 1. The van der Waals surface area contributed by atoms with Crippen LogP contribution in [0.2, 0.25) is 0 Å². The Balaban J connectivity index is 1.83. The maximum absolute atomic E-state index is 13.8. The Bertz CT molecular complexity index is 1370. The third kappa shape index (κ3) is 9.40. The van der Waals surface area contributed by atoms with Crippen molar-refractivity contribution in [1.82, 2.24) is 19.8 Å². The number of hydrogen-bond donors (Lipinski definition) is 2. The van der Waals surface area contributed by atoms with Crippen LogP contribution in [0, 0.1) is 17.2 Å². The van der Waals surface area contributed by atoms with Crippen LogP contribution in [0.4, 0.5) is 13.2 Å². The SMILES string of the molecule is CC(C)(C)NC(=S)N(Cc1ccccc1C(F)(F)F)C[C@H](CCN)C(=O)Cc1cncn1Cc1ccc(C#N)cc1. The molecule has 3 aromatic rings. The van der Waals surface area contributed by atoms with Crippen molar-refractivity contribution in [3.63, 3.8) is 0 Å². The third-order valence-corrected chi connectivity index (χ3v) is 6.81. The van der Waals surface area contributed by atoms with Gasteiger partial charge in [-0.05, 0) is 75.3 Å². The van der Waals surface area contributed by atoms with E-state index in [-0.39, 0.29) is 42.5 Å². The maximum atomic E-state index is 13.8. The second kappa shape index (κ2) is 13.7. The van der Waals surface area contributed by atoms with Crippen molar-refractivity contribution in [2.24, 2.45) is 11.7 Å². The molecule has 3 rings (SSSR count). The number of benzene rings is 2. The first-order chi connectivity index (χ1) is 19.3. The van der Waals surface area contributed by atoms with E-state index in [4.69, 9.17) is 23.2 Å². The molecule has 2 aromatic carbocycles. The van der Waals surface area contributed by atoms with E-state index >= 15 is 0 Å². The summed E-state index contributed by atoms with van der Waals surface area (Å²) in [7, 11) is 0. The summed E-state index contributed by atoms with van der Waals surface area (Å²) in [6.07, 6.45) is -0.835. The molecule has 3 N–H and O–H groups in total. The molecule has 0 saturated heterocycles. The normalized spacial score (nSPS) is 12.4. The third-order valence-electron chi connectivity index (χ3n) is 6.45. The molecule has 0 aliphatic carbocycles. The molecule has 1 heterocycles. The molecule has 7 nitrogen and oxygen atoms in total. The van der Waals surface area contributed by atoms with Crippen LogP contribution in [0.5, 0.6) is 0 Å². The largest absolute Gasteiger partial charge is 0.416 e. The Labute approximate surface area is 244 Å². The van der Waals surface area contributed by atoms with E-state index in [9.17, 15) is 18.0 Å². The zero-order valence-corrected chi connectivity index (χ0v) is 24.2. The molecule has 1 aromatic heterocycles. The number of nitrogens with two attached hydrogens (primary N) is 1. The summed E-state index contributed by atoms with van der Waals surface area (Å²) in [6, 6.07) is 14.6. The first-order valence-corrected chi connectivity index (χ1v) is 13.6. The summed E-state index contributed by atoms with van der Waals surface area (Å²) < 4.78 is 43.2. The highest BCUT2D eigenvalue weighted by Crippen LogP contribution is 2.32. The Hall–Kier alpha value is -3.75. The lowest BCUT2D eigenvalue weighted by Gasteiger charge is -2.34. The summed E-state index contributed by atoms with van der Waals surface area (Å²) in [5, 5.41) is 12.5. The number of halogens is 3. The van der Waals surface area contributed by atoms with Crippen LogP contribution in [0.25, 0.3) is 0 Å². The Kier molecular flexibility index (Phi) is 10.7. The Morgan fingerprint density at radius 2 is 1.85 bits per heavy atom. The van der Waals surface area contributed by atoms with Crippen LogP contribution in [-0.2, 0) is 30.5 Å². The van der Waals surface area contributed by atoms with E-state index in [1.54, 1.807) is 35.6 Å². The molecule has 0 aliphatic heterocycles. The number of nitrogens with one attached hydrogen (secondary N) is 1. The summed E-state index contributed by atoms with van der Waals surface area (Å²) in [5.41, 5.74) is 6.97. The van der Waals surface area contributed by atoms with Gasteiger partial charge in [0.25, 0.3) is 0 Å². The van der Waals surface area contributed by atoms with E-state index in [1.807, 2.05) is 37.5 Å². The fourth-order valence-corrected chi connectivity index (χ4v) is 4.87. The number of carbonyl (C=O) groups is 1. The average molecular weight is 585 g/mol. The first kappa shape index (κ1) is 31.8. The van der Waals surface area contributed by atoms with E-state index < -0.39 is 23.2 Å². The zero-order chi connectivity index (χ0) is 30.2. The quantitative estimate of drug-likeness (QED) is 0.304. The zero-order valence-electron chi connectivity index (χ0n) is 23.4. The second-order valence-corrected chi connectivity index (χ2v) is 11.3. The lowest BCUT2D eigenvalue weighted by molar-refractivity contribution is -0.138. The molecule has 0 fully saturated rings. The van der Waals surface area contributed by atoms with Crippen LogP contribution >= 0.6 is 12.2 Å². The number of imidazole rings is 1. The fourth-order valence-electron chi connectivity index (χ4n) is 4.42. The van der Waals surface area contributed by atoms with Gasteiger partial charge in [0, 0.05) is 49.4 Å². The fraction of sp³-hybridized carbons (Fsp3) is 0.400. The monoisotopic (exact) mass is 584 g/mol. The molecule has 0 saturated carbocycles. The van der Waals surface area contributed by atoms with Crippen LogP contribution in [0.3, 0.4) is 0 Å². The van der Waals surface area contributed by atoms with Crippen molar-refractivity contribution in [1.29, 1.82) is 5.26 Å². The lowest BCUT2D eigenvalue weighted by Crippen LogP contribution is -2.50. The highest BCUT2D eigenvalue weighted by atomic mass is 32.1. The topological polar surface area (TPSA) is 100.0 Å². The molecular formula is C30H35F3N6OS. The van der Waals surface area contributed by atoms with Crippen molar-refractivity contribution < 1.29 is 18.0 Å². The minimum atomic E-state index is -4.53. The van der Waals surface area contributed by atoms with Gasteiger partial charge < -0.3 is 20.5 Å². The van der Waals surface area contributed by atoms with Crippen molar-refractivity contribution >= 4 is 23.1 Å². The summed E-state index contributed by atoms with van der Waals surface area (Å²) >= 11 is 5.63. The van der Waals surface area contributed by atoms with Crippen LogP contribution in [-0.4, -0.2) is 44.0 Å².